The van der Waals surface area contributed by atoms with Crippen LogP contribution >= 0.6 is 11.9 Å². The predicted molar refractivity (Wildman–Crippen MR) is 55.2 cm³/mol. The molecule has 5 heteroatoms. The van der Waals surface area contributed by atoms with Crippen molar-refractivity contribution in [3.8, 4) is 0 Å². The summed E-state index contributed by atoms with van der Waals surface area (Å²) >= 11 is 1.14. The highest BCUT2D eigenvalue weighted by Gasteiger charge is 2.39. The van der Waals surface area contributed by atoms with Crippen LogP contribution in [-0.2, 0) is 0 Å². The van der Waals surface area contributed by atoms with Gasteiger partial charge in [-0.15, -0.1) is 0 Å². The Labute approximate surface area is 88.0 Å². The highest BCUT2D eigenvalue weighted by atomic mass is 32.2. The molecular weight excluding hydrogens is 211 g/mol. The van der Waals surface area contributed by atoms with Gasteiger partial charge < -0.3 is 0 Å². The van der Waals surface area contributed by atoms with Gasteiger partial charge in [0.1, 0.15) is 6.04 Å². The molecule has 0 bridgehead atoms. The van der Waals surface area contributed by atoms with Gasteiger partial charge in [-0.25, -0.2) is 0 Å². The molecule has 14 heavy (non-hydrogen) atoms. The van der Waals surface area contributed by atoms with E-state index in [9.17, 15) is 13.2 Å². The zero-order valence-electron chi connectivity index (χ0n) is 9.03. The molecule has 0 aliphatic carbocycles. The maximum Gasteiger partial charge on any atom is 0.404 e. The minimum Gasteiger partial charge on any atom is -0.252 e. The summed E-state index contributed by atoms with van der Waals surface area (Å²) in [6.07, 6.45) is -3.48. The number of halogens is 3. The van der Waals surface area contributed by atoms with Crippen LogP contribution in [0.4, 0.5) is 13.2 Å². The van der Waals surface area contributed by atoms with Gasteiger partial charge >= 0.3 is 6.18 Å². The van der Waals surface area contributed by atoms with Crippen molar-refractivity contribution in [1.29, 1.82) is 0 Å². The molecule has 1 nitrogen and oxygen atoms in total. The van der Waals surface area contributed by atoms with Crippen molar-refractivity contribution < 1.29 is 13.2 Å². The molecule has 1 N–H and O–H groups in total. The van der Waals surface area contributed by atoms with Crippen molar-refractivity contribution in [2.24, 2.45) is 0 Å². The van der Waals surface area contributed by atoms with E-state index >= 15 is 0 Å². The minimum absolute atomic E-state index is 0.132. The number of hydrogen-bond donors (Lipinski definition) is 1. The average Bonchev–Trinajstić information content (AvgIpc) is 1.93. The molecule has 1 unspecified atom stereocenters. The minimum atomic E-state index is -4.14. The third-order valence-electron chi connectivity index (χ3n) is 1.48. The fourth-order valence-electron chi connectivity index (χ4n) is 0.826. The number of hydrogen-bond acceptors (Lipinski definition) is 2. The van der Waals surface area contributed by atoms with Crippen molar-refractivity contribution >= 4 is 11.9 Å². The van der Waals surface area contributed by atoms with Crippen LogP contribution in [0.3, 0.4) is 0 Å². The van der Waals surface area contributed by atoms with Gasteiger partial charge in [-0.05, 0) is 27.2 Å². The Kier molecular flexibility index (Phi) is 5.30. The van der Waals surface area contributed by atoms with E-state index in [0.717, 1.165) is 11.9 Å². The first kappa shape index (κ1) is 14.1. The van der Waals surface area contributed by atoms with Gasteiger partial charge in [0.25, 0.3) is 0 Å². The summed E-state index contributed by atoms with van der Waals surface area (Å²) in [6.45, 7) is 7.39. The molecule has 0 aromatic rings. The van der Waals surface area contributed by atoms with Gasteiger partial charge in [-0.1, -0.05) is 25.3 Å². The Morgan fingerprint density at radius 1 is 1.21 bits per heavy atom. The van der Waals surface area contributed by atoms with Crippen molar-refractivity contribution in [3.63, 3.8) is 0 Å². The van der Waals surface area contributed by atoms with Crippen molar-refractivity contribution in [2.45, 2.75) is 57.5 Å². The lowest BCUT2D eigenvalue weighted by Gasteiger charge is -2.25. The Bertz CT molecular complexity index is 162. The lowest BCUT2D eigenvalue weighted by Crippen LogP contribution is -2.40. The van der Waals surface area contributed by atoms with Gasteiger partial charge in [-0.3, -0.25) is 4.72 Å². The lowest BCUT2D eigenvalue weighted by atomic mass is 10.2. The van der Waals surface area contributed by atoms with Crippen molar-refractivity contribution in [2.75, 3.05) is 0 Å². The fourth-order valence-corrected chi connectivity index (χ4v) is 1.57. The third-order valence-corrected chi connectivity index (χ3v) is 2.49. The Morgan fingerprint density at radius 2 is 1.71 bits per heavy atom. The van der Waals surface area contributed by atoms with Gasteiger partial charge in [0.15, 0.2) is 0 Å². The molecule has 0 rings (SSSR count). The maximum atomic E-state index is 12.4. The molecule has 1 atom stereocenters. The summed E-state index contributed by atoms with van der Waals surface area (Å²) in [5.74, 6) is 0. The lowest BCUT2D eigenvalue weighted by molar-refractivity contribution is -0.152. The molecule has 0 saturated carbocycles. The van der Waals surface area contributed by atoms with E-state index in [4.69, 9.17) is 0 Å². The first-order chi connectivity index (χ1) is 6.17. The van der Waals surface area contributed by atoms with Crippen LogP contribution in [0.25, 0.3) is 0 Å². The van der Waals surface area contributed by atoms with Crippen LogP contribution < -0.4 is 4.72 Å². The fraction of sp³-hybridized carbons (Fsp3) is 1.00. The second-order valence-electron chi connectivity index (χ2n) is 4.22. The van der Waals surface area contributed by atoms with Crippen LogP contribution in [0.1, 0.15) is 40.5 Å². The molecule has 0 spiro atoms. The molecule has 0 aliphatic rings. The van der Waals surface area contributed by atoms with Crippen LogP contribution in [0.15, 0.2) is 0 Å². The summed E-state index contributed by atoms with van der Waals surface area (Å²) in [4.78, 5) is 0. The summed E-state index contributed by atoms with van der Waals surface area (Å²) in [6, 6.07) is -1.39. The van der Waals surface area contributed by atoms with Crippen LogP contribution in [-0.4, -0.2) is 17.0 Å². The normalized spacial score (nSPS) is 15.6. The second-order valence-corrected chi connectivity index (χ2v) is 5.88. The third kappa shape index (κ3) is 6.54. The molecule has 0 saturated heterocycles. The second kappa shape index (κ2) is 5.26. The summed E-state index contributed by atoms with van der Waals surface area (Å²) in [5.41, 5.74) is 0. The van der Waals surface area contributed by atoms with Crippen LogP contribution in [0.2, 0.25) is 0 Å². The first-order valence-electron chi connectivity index (χ1n) is 4.67. The topological polar surface area (TPSA) is 12.0 Å². The molecule has 0 fully saturated rings. The predicted octanol–water partition coefficient (Wildman–Crippen LogP) is 3.75. The molecule has 0 radical (unpaired) electrons. The average molecular weight is 229 g/mol. The van der Waals surface area contributed by atoms with Gasteiger partial charge in [0.2, 0.25) is 0 Å². The maximum absolute atomic E-state index is 12.4. The monoisotopic (exact) mass is 229 g/mol. The number of rotatable bonds is 4. The van der Waals surface area contributed by atoms with Gasteiger partial charge in [0, 0.05) is 4.75 Å². The zero-order chi connectivity index (χ0) is 11.4. The summed E-state index contributed by atoms with van der Waals surface area (Å²) in [5, 5.41) is 0. The SMILES string of the molecule is CCCC(NSC(C)(C)C)C(F)(F)F. The van der Waals surface area contributed by atoms with E-state index in [1.165, 1.54) is 0 Å². The molecule has 0 amide bonds. The first-order valence-corrected chi connectivity index (χ1v) is 5.48. The van der Waals surface area contributed by atoms with Gasteiger partial charge in [-0.2, -0.15) is 13.2 Å². The van der Waals surface area contributed by atoms with Crippen molar-refractivity contribution in [3.05, 3.63) is 0 Å². The Balaban J connectivity index is 4.12. The highest BCUT2D eigenvalue weighted by Crippen LogP contribution is 2.28. The summed E-state index contributed by atoms with van der Waals surface area (Å²) < 4.78 is 39.5. The molecule has 0 aromatic carbocycles. The van der Waals surface area contributed by atoms with E-state index in [1.807, 2.05) is 20.8 Å². The number of nitrogens with one attached hydrogen (secondary N) is 1. The van der Waals surface area contributed by atoms with Crippen LogP contribution in [0, 0.1) is 0 Å². The zero-order valence-corrected chi connectivity index (χ0v) is 9.85. The van der Waals surface area contributed by atoms with E-state index in [1.54, 1.807) is 6.92 Å². The smallest absolute Gasteiger partial charge is 0.252 e. The standard InChI is InChI=1S/C9H18F3NS/c1-5-6-7(9(10,11)12)13-14-8(2,3)4/h7,13H,5-6H2,1-4H3. The quantitative estimate of drug-likeness (QED) is 0.737. The van der Waals surface area contributed by atoms with Crippen LogP contribution in [0.5, 0.6) is 0 Å². The van der Waals surface area contributed by atoms with E-state index in [-0.39, 0.29) is 11.2 Å². The Morgan fingerprint density at radius 3 is 2.00 bits per heavy atom. The molecule has 86 valence electrons. The molecule has 0 aromatic heterocycles. The molecule has 0 aliphatic heterocycles. The van der Waals surface area contributed by atoms with E-state index < -0.39 is 12.2 Å². The Hall–Kier alpha value is 0.100. The van der Waals surface area contributed by atoms with Crippen molar-refractivity contribution in [1.82, 2.24) is 4.72 Å². The van der Waals surface area contributed by atoms with E-state index in [0.29, 0.717) is 6.42 Å². The van der Waals surface area contributed by atoms with Gasteiger partial charge in [0.05, 0.1) is 0 Å². The summed E-state index contributed by atoms with van der Waals surface area (Å²) in [7, 11) is 0. The van der Waals surface area contributed by atoms with E-state index in [2.05, 4.69) is 4.72 Å². The highest BCUT2D eigenvalue weighted by molar-refractivity contribution is 7.98. The number of alkyl halides is 3. The largest absolute Gasteiger partial charge is 0.404 e. The molecule has 0 heterocycles. The molecular formula is C9H18F3NS.